The summed E-state index contributed by atoms with van der Waals surface area (Å²) in [5.41, 5.74) is 8.85. The lowest BCUT2D eigenvalue weighted by molar-refractivity contribution is -0.137. The average Bonchev–Trinajstić information content (AvgIpc) is 3.30. The highest BCUT2D eigenvalue weighted by Gasteiger charge is 2.29. The van der Waals surface area contributed by atoms with Crippen LogP contribution < -0.4 is 5.73 Å². The SMILES string of the molecule is Cl.NC1CCN(C(=O)CO/N=C2/C(c3c(O)[nH]c4ccc(F)cc34)=Nc3ccccc32)CC1. The fraction of sp³-hybridized carbons (Fsp3) is 0.261. The molecule has 2 aliphatic rings. The highest BCUT2D eigenvalue weighted by molar-refractivity contribution is 6.58. The van der Waals surface area contributed by atoms with Crippen molar-refractivity contribution >= 4 is 46.3 Å². The van der Waals surface area contributed by atoms with Crippen LogP contribution in [0.4, 0.5) is 10.1 Å². The van der Waals surface area contributed by atoms with Gasteiger partial charge in [0.2, 0.25) is 0 Å². The Kier molecular flexibility index (Phi) is 6.35. The van der Waals surface area contributed by atoms with Gasteiger partial charge in [0.25, 0.3) is 5.91 Å². The molecule has 33 heavy (non-hydrogen) atoms. The molecule has 0 aliphatic carbocycles. The number of rotatable bonds is 4. The second kappa shape index (κ2) is 9.21. The molecule has 0 radical (unpaired) electrons. The number of aromatic amines is 1. The van der Waals surface area contributed by atoms with Crippen LogP contribution in [0.3, 0.4) is 0 Å². The zero-order valence-corrected chi connectivity index (χ0v) is 18.4. The first-order valence-electron chi connectivity index (χ1n) is 10.4. The standard InChI is InChI=1S/C23H22FN5O3.ClH/c24-13-5-6-18-16(11-13)20(23(31)27-18)22-21(15-3-1-2-4-17(15)26-22)28-32-12-19(30)29-9-7-14(25)8-10-29;/h1-6,11,14,27,31H,7-10,12,25H2;1H/b28-21+;. The Hall–Kier alpha value is -3.43. The minimum absolute atomic E-state index is 0. The fourth-order valence-corrected chi connectivity index (χ4v) is 4.12. The zero-order valence-electron chi connectivity index (χ0n) is 17.6. The Labute approximate surface area is 195 Å². The number of oxime groups is 1. The zero-order chi connectivity index (χ0) is 22.2. The quantitative estimate of drug-likeness (QED) is 0.506. The molecule has 1 saturated heterocycles. The summed E-state index contributed by atoms with van der Waals surface area (Å²) in [4.78, 5) is 27.1. The minimum atomic E-state index is -0.435. The maximum atomic E-state index is 13.9. The Morgan fingerprint density at radius 1 is 1.27 bits per heavy atom. The van der Waals surface area contributed by atoms with Gasteiger partial charge in [-0.2, -0.15) is 0 Å². The smallest absolute Gasteiger partial charge is 0.263 e. The number of aromatic hydroxyl groups is 1. The molecule has 5 rings (SSSR count). The maximum absolute atomic E-state index is 13.9. The van der Waals surface area contributed by atoms with Crippen LogP contribution in [0.1, 0.15) is 24.0 Å². The van der Waals surface area contributed by atoms with Gasteiger partial charge >= 0.3 is 0 Å². The van der Waals surface area contributed by atoms with Crippen LogP contribution in [0.15, 0.2) is 52.6 Å². The van der Waals surface area contributed by atoms with E-state index in [1.165, 1.54) is 12.1 Å². The number of carbonyl (C=O) groups excluding carboxylic acids is 1. The van der Waals surface area contributed by atoms with Gasteiger partial charge in [-0.25, -0.2) is 9.38 Å². The number of halogens is 2. The van der Waals surface area contributed by atoms with Crippen LogP contribution in [-0.4, -0.2) is 58.1 Å². The molecule has 10 heteroatoms. The number of likely N-dealkylation sites (tertiary alicyclic amines) is 1. The van der Waals surface area contributed by atoms with Crippen molar-refractivity contribution in [2.24, 2.45) is 15.9 Å². The Morgan fingerprint density at radius 3 is 2.82 bits per heavy atom. The first-order valence-corrected chi connectivity index (χ1v) is 10.4. The summed E-state index contributed by atoms with van der Waals surface area (Å²) in [5, 5.41) is 15.3. The molecular formula is C23H23ClFN5O3. The number of amides is 1. The van der Waals surface area contributed by atoms with Crippen molar-refractivity contribution in [1.82, 2.24) is 9.88 Å². The molecule has 4 N–H and O–H groups in total. The van der Waals surface area contributed by atoms with E-state index in [4.69, 9.17) is 10.6 Å². The van der Waals surface area contributed by atoms with Crippen molar-refractivity contribution in [3.05, 3.63) is 59.4 Å². The molecule has 0 unspecified atom stereocenters. The summed E-state index contributed by atoms with van der Waals surface area (Å²) in [7, 11) is 0. The summed E-state index contributed by atoms with van der Waals surface area (Å²) < 4.78 is 13.9. The molecule has 0 saturated carbocycles. The molecule has 0 bridgehead atoms. The third-order valence-corrected chi connectivity index (χ3v) is 5.83. The van der Waals surface area contributed by atoms with E-state index in [0.29, 0.717) is 52.2 Å². The van der Waals surface area contributed by atoms with Gasteiger partial charge in [-0.15, -0.1) is 12.4 Å². The second-order valence-electron chi connectivity index (χ2n) is 7.95. The number of nitrogens with zero attached hydrogens (tertiary/aromatic N) is 3. The number of piperidine rings is 1. The molecule has 2 aromatic carbocycles. The molecule has 3 aromatic rings. The van der Waals surface area contributed by atoms with Crippen molar-refractivity contribution in [3.63, 3.8) is 0 Å². The first-order chi connectivity index (χ1) is 15.5. The van der Waals surface area contributed by atoms with Crippen molar-refractivity contribution in [1.29, 1.82) is 0 Å². The predicted molar refractivity (Wildman–Crippen MR) is 126 cm³/mol. The minimum Gasteiger partial charge on any atom is -0.494 e. The number of nitrogens with one attached hydrogen (secondary N) is 1. The predicted octanol–water partition coefficient (Wildman–Crippen LogP) is 3.24. The van der Waals surface area contributed by atoms with E-state index in [9.17, 15) is 14.3 Å². The van der Waals surface area contributed by atoms with Crippen LogP contribution in [0.5, 0.6) is 5.88 Å². The summed E-state index contributed by atoms with van der Waals surface area (Å²) >= 11 is 0. The van der Waals surface area contributed by atoms with Crippen LogP contribution in [-0.2, 0) is 9.63 Å². The second-order valence-corrected chi connectivity index (χ2v) is 7.95. The fourth-order valence-electron chi connectivity index (χ4n) is 4.12. The number of carbonyl (C=O) groups is 1. The number of fused-ring (bicyclic) bond motifs is 2. The Bertz CT molecular complexity index is 1260. The van der Waals surface area contributed by atoms with E-state index in [0.717, 1.165) is 12.8 Å². The lowest BCUT2D eigenvalue weighted by atomic mass is 10.0. The van der Waals surface area contributed by atoms with E-state index >= 15 is 0 Å². The topological polar surface area (TPSA) is 116 Å². The highest BCUT2D eigenvalue weighted by Crippen LogP contribution is 2.35. The third kappa shape index (κ3) is 4.29. The molecule has 0 spiro atoms. The Balaban J connectivity index is 0.00000259. The van der Waals surface area contributed by atoms with Gasteiger partial charge in [0.05, 0.1) is 11.3 Å². The molecule has 0 atom stereocenters. The number of aliphatic imine (C=N–C) groups is 1. The number of H-pyrrole nitrogens is 1. The lowest BCUT2D eigenvalue weighted by Gasteiger charge is -2.29. The Morgan fingerprint density at radius 2 is 2.03 bits per heavy atom. The molecule has 3 heterocycles. The van der Waals surface area contributed by atoms with Gasteiger partial charge in [0.15, 0.2) is 12.5 Å². The number of aromatic nitrogens is 1. The van der Waals surface area contributed by atoms with Crippen molar-refractivity contribution in [2.45, 2.75) is 18.9 Å². The van der Waals surface area contributed by atoms with Crippen molar-refractivity contribution in [3.8, 4) is 5.88 Å². The number of hydrogen-bond donors (Lipinski definition) is 3. The van der Waals surface area contributed by atoms with E-state index in [2.05, 4.69) is 15.1 Å². The van der Waals surface area contributed by atoms with E-state index in [-0.39, 0.29) is 36.8 Å². The lowest BCUT2D eigenvalue weighted by Crippen LogP contribution is -2.44. The molecular weight excluding hydrogens is 449 g/mol. The van der Waals surface area contributed by atoms with E-state index < -0.39 is 5.82 Å². The molecule has 2 aliphatic heterocycles. The number of benzene rings is 2. The largest absolute Gasteiger partial charge is 0.494 e. The number of para-hydroxylation sites is 1. The first kappa shape index (κ1) is 22.8. The summed E-state index contributed by atoms with van der Waals surface area (Å²) in [6.45, 7) is 0.983. The summed E-state index contributed by atoms with van der Waals surface area (Å²) in [6.07, 6.45) is 1.53. The van der Waals surface area contributed by atoms with E-state index in [1.54, 1.807) is 11.0 Å². The van der Waals surface area contributed by atoms with Gasteiger partial charge in [-0.05, 0) is 37.1 Å². The van der Waals surface area contributed by atoms with Gasteiger partial charge in [0, 0.05) is 35.6 Å². The molecule has 1 amide bonds. The van der Waals surface area contributed by atoms with Gasteiger partial charge in [-0.3, -0.25) is 4.79 Å². The molecule has 8 nitrogen and oxygen atoms in total. The summed E-state index contributed by atoms with van der Waals surface area (Å²) in [6, 6.07) is 11.6. The third-order valence-electron chi connectivity index (χ3n) is 5.83. The number of nitrogens with two attached hydrogens (primary N) is 1. The van der Waals surface area contributed by atoms with Crippen LogP contribution >= 0.6 is 12.4 Å². The van der Waals surface area contributed by atoms with Crippen molar-refractivity contribution < 1.29 is 19.1 Å². The van der Waals surface area contributed by atoms with Gasteiger partial charge in [-0.1, -0.05) is 23.4 Å². The normalized spacial score (nSPS) is 17.1. The van der Waals surface area contributed by atoms with Crippen LogP contribution in [0.2, 0.25) is 0 Å². The van der Waals surface area contributed by atoms with Gasteiger partial charge < -0.3 is 25.6 Å². The monoisotopic (exact) mass is 471 g/mol. The summed E-state index contributed by atoms with van der Waals surface area (Å²) in [5.74, 6) is -0.746. The molecule has 1 aromatic heterocycles. The average molecular weight is 472 g/mol. The van der Waals surface area contributed by atoms with Crippen LogP contribution in [0.25, 0.3) is 10.9 Å². The highest BCUT2D eigenvalue weighted by atomic mass is 35.5. The number of hydrogen-bond acceptors (Lipinski definition) is 6. The van der Waals surface area contributed by atoms with Gasteiger partial charge in [0.1, 0.15) is 17.2 Å². The molecule has 172 valence electrons. The van der Waals surface area contributed by atoms with Crippen molar-refractivity contribution in [2.75, 3.05) is 19.7 Å². The van der Waals surface area contributed by atoms with Crippen LogP contribution in [0, 0.1) is 5.82 Å². The maximum Gasteiger partial charge on any atom is 0.263 e. The molecule has 1 fully saturated rings. The van der Waals surface area contributed by atoms with E-state index in [1.807, 2.05) is 24.3 Å².